The lowest BCUT2D eigenvalue weighted by Gasteiger charge is -2.30. The van der Waals surface area contributed by atoms with Gasteiger partial charge in [0.25, 0.3) is 0 Å². The molecule has 1 aromatic carbocycles. The van der Waals surface area contributed by atoms with Gasteiger partial charge < -0.3 is 19.7 Å². The largest absolute Gasteiger partial charge is 0.497 e. The second-order valence-corrected chi connectivity index (χ2v) is 5.87. The molecular formula is C16H24N2O3. The highest BCUT2D eigenvalue weighted by molar-refractivity contribution is 5.74. The molecule has 21 heavy (non-hydrogen) atoms. The Labute approximate surface area is 126 Å². The van der Waals surface area contributed by atoms with Gasteiger partial charge in [0.15, 0.2) is 0 Å². The third kappa shape index (κ3) is 4.11. The number of ether oxygens (including phenoxy) is 2. The lowest BCUT2D eigenvalue weighted by atomic mass is 9.84. The van der Waals surface area contributed by atoms with E-state index in [1.807, 2.05) is 24.3 Å². The zero-order valence-electron chi connectivity index (χ0n) is 13.0. The lowest BCUT2D eigenvalue weighted by molar-refractivity contribution is 0.0529. The number of nitrogens with one attached hydrogen (secondary N) is 1. The number of carbonyl (C=O) groups is 1. The second-order valence-electron chi connectivity index (χ2n) is 5.87. The highest BCUT2D eigenvalue weighted by atomic mass is 16.5. The molecular weight excluding hydrogens is 268 g/mol. The van der Waals surface area contributed by atoms with E-state index in [0.717, 1.165) is 5.75 Å². The van der Waals surface area contributed by atoms with Crippen LogP contribution in [-0.2, 0) is 10.2 Å². The standard InChI is InChI=1S/C16H24N2O3/c1-16(2,13-4-6-14(20-3)7-5-13)12-17-15(19)18-8-10-21-11-9-18/h4-7H,8-12H2,1-3H3,(H,17,19). The van der Waals surface area contributed by atoms with E-state index in [2.05, 4.69) is 19.2 Å². The Morgan fingerprint density at radius 2 is 1.90 bits per heavy atom. The lowest BCUT2D eigenvalue weighted by Crippen LogP contribution is -2.48. The van der Waals surface area contributed by atoms with Crippen molar-refractivity contribution in [2.45, 2.75) is 19.3 Å². The molecule has 2 rings (SSSR count). The smallest absolute Gasteiger partial charge is 0.317 e. The van der Waals surface area contributed by atoms with Crippen molar-refractivity contribution < 1.29 is 14.3 Å². The monoisotopic (exact) mass is 292 g/mol. The number of morpholine rings is 1. The Hall–Kier alpha value is -1.75. The maximum Gasteiger partial charge on any atom is 0.317 e. The van der Waals surface area contributed by atoms with Gasteiger partial charge in [-0.05, 0) is 17.7 Å². The van der Waals surface area contributed by atoms with Crippen molar-refractivity contribution in [3.8, 4) is 5.75 Å². The molecule has 2 amide bonds. The van der Waals surface area contributed by atoms with Gasteiger partial charge in [-0.15, -0.1) is 0 Å². The van der Waals surface area contributed by atoms with Gasteiger partial charge in [-0.2, -0.15) is 0 Å². The van der Waals surface area contributed by atoms with Gasteiger partial charge >= 0.3 is 6.03 Å². The van der Waals surface area contributed by atoms with E-state index in [9.17, 15) is 4.79 Å². The molecule has 5 nitrogen and oxygen atoms in total. The SMILES string of the molecule is COc1ccc(C(C)(C)CNC(=O)N2CCOCC2)cc1. The summed E-state index contributed by atoms with van der Waals surface area (Å²) in [6.07, 6.45) is 0. The highest BCUT2D eigenvalue weighted by Gasteiger charge is 2.23. The topological polar surface area (TPSA) is 50.8 Å². The number of methoxy groups -OCH3 is 1. The molecule has 1 saturated heterocycles. The minimum Gasteiger partial charge on any atom is -0.497 e. The molecule has 0 saturated carbocycles. The number of amides is 2. The van der Waals surface area contributed by atoms with Gasteiger partial charge in [0.05, 0.1) is 20.3 Å². The predicted octanol–water partition coefficient (Wildman–Crippen LogP) is 2.01. The van der Waals surface area contributed by atoms with Crippen LogP contribution in [-0.4, -0.2) is 50.9 Å². The number of rotatable bonds is 4. The van der Waals surface area contributed by atoms with Crippen LogP contribution in [0.3, 0.4) is 0 Å². The molecule has 1 heterocycles. The first-order valence-electron chi connectivity index (χ1n) is 7.28. The molecule has 1 aromatic rings. The second kappa shape index (κ2) is 6.80. The highest BCUT2D eigenvalue weighted by Crippen LogP contribution is 2.24. The molecule has 116 valence electrons. The number of carbonyl (C=O) groups excluding carboxylic acids is 1. The predicted molar refractivity (Wildman–Crippen MR) is 81.8 cm³/mol. The van der Waals surface area contributed by atoms with Gasteiger partial charge in [-0.3, -0.25) is 0 Å². The van der Waals surface area contributed by atoms with Crippen LogP contribution < -0.4 is 10.1 Å². The van der Waals surface area contributed by atoms with E-state index in [0.29, 0.717) is 32.8 Å². The third-order valence-electron chi connectivity index (χ3n) is 3.85. The molecule has 0 atom stereocenters. The first kappa shape index (κ1) is 15.6. The van der Waals surface area contributed by atoms with Gasteiger partial charge in [0.2, 0.25) is 0 Å². The Balaban J connectivity index is 1.91. The average molecular weight is 292 g/mol. The van der Waals surface area contributed by atoms with Crippen LogP contribution in [0.2, 0.25) is 0 Å². The fourth-order valence-corrected chi connectivity index (χ4v) is 2.32. The summed E-state index contributed by atoms with van der Waals surface area (Å²) in [5.41, 5.74) is 1.04. The molecule has 0 bridgehead atoms. The Bertz CT molecular complexity index is 465. The molecule has 1 fully saturated rings. The van der Waals surface area contributed by atoms with E-state index in [-0.39, 0.29) is 11.4 Å². The number of benzene rings is 1. The van der Waals surface area contributed by atoms with Crippen LogP contribution in [0.25, 0.3) is 0 Å². The number of urea groups is 1. The van der Waals surface area contributed by atoms with Crippen LogP contribution in [0.1, 0.15) is 19.4 Å². The fourth-order valence-electron chi connectivity index (χ4n) is 2.32. The minimum atomic E-state index is -0.131. The third-order valence-corrected chi connectivity index (χ3v) is 3.85. The van der Waals surface area contributed by atoms with Gasteiger partial charge in [0, 0.05) is 25.0 Å². The van der Waals surface area contributed by atoms with Crippen LogP contribution in [0.15, 0.2) is 24.3 Å². The molecule has 0 aliphatic carbocycles. The summed E-state index contributed by atoms with van der Waals surface area (Å²) in [4.78, 5) is 13.9. The van der Waals surface area contributed by atoms with Crippen molar-refractivity contribution >= 4 is 6.03 Å². The zero-order valence-corrected chi connectivity index (χ0v) is 13.0. The van der Waals surface area contributed by atoms with E-state index >= 15 is 0 Å². The molecule has 1 aliphatic heterocycles. The Morgan fingerprint density at radius 1 is 1.29 bits per heavy atom. The molecule has 0 unspecified atom stereocenters. The fraction of sp³-hybridized carbons (Fsp3) is 0.562. The first-order valence-corrected chi connectivity index (χ1v) is 7.28. The molecule has 1 aliphatic rings. The quantitative estimate of drug-likeness (QED) is 0.923. The van der Waals surface area contributed by atoms with Crippen molar-refractivity contribution in [3.05, 3.63) is 29.8 Å². The summed E-state index contributed by atoms with van der Waals surface area (Å²) < 4.78 is 10.4. The van der Waals surface area contributed by atoms with E-state index in [1.165, 1.54) is 5.56 Å². The molecule has 1 N–H and O–H groups in total. The molecule has 5 heteroatoms. The molecule has 0 spiro atoms. The number of hydrogen-bond donors (Lipinski definition) is 1. The zero-order chi connectivity index (χ0) is 15.3. The Morgan fingerprint density at radius 3 is 2.48 bits per heavy atom. The van der Waals surface area contributed by atoms with Crippen molar-refractivity contribution in [2.24, 2.45) is 0 Å². The van der Waals surface area contributed by atoms with E-state index < -0.39 is 0 Å². The van der Waals surface area contributed by atoms with Gasteiger partial charge in [0.1, 0.15) is 5.75 Å². The van der Waals surface area contributed by atoms with E-state index in [1.54, 1.807) is 12.0 Å². The summed E-state index contributed by atoms with van der Waals surface area (Å²) >= 11 is 0. The van der Waals surface area contributed by atoms with Crippen LogP contribution in [0.4, 0.5) is 4.79 Å². The normalized spacial score (nSPS) is 15.7. The van der Waals surface area contributed by atoms with E-state index in [4.69, 9.17) is 9.47 Å². The minimum absolute atomic E-state index is 0.0140. The first-order chi connectivity index (χ1) is 10.0. The van der Waals surface area contributed by atoms with Crippen molar-refractivity contribution in [1.82, 2.24) is 10.2 Å². The van der Waals surface area contributed by atoms with Crippen LogP contribution in [0, 0.1) is 0 Å². The summed E-state index contributed by atoms with van der Waals surface area (Å²) in [6.45, 7) is 7.40. The average Bonchev–Trinajstić information content (AvgIpc) is 2.53. The van der Waals surface area contributed by atoms with Crippen LogP contribution >= 0.6 is 0 Å². The van der Waals surface area contributed by atoms with Crippen LogP contribution in [0.5, 0.6) is 5.75 Å². The molecule has 0 aromatic heterocycles. The summed E-state index contributed by atoms with van der Waals surface area (Å²) in [5, 5.41) is 3.02. The van der Waals surface area contributed by atoms with Crippen molar-refractivity contribution in [2.75, 3.05) is 40.0 Å². The van der Waals surface area contributed by atoms with Crippen molar-refractivity contribution in [3.63, 3.8) is 0 Å². The van der Waals surface area contributed by atoms with Crippen molar-refractivity contribution in [1.29, 1.82) is 0 Å². The summed E-state index contributed by atoms with van der Waals surface area (Å²) in [6, 6.07) is 7.96. The Kier molecular flexibility index (Phi) is 5.07. The number of hydrogen-bond acceptors (Lipinski definition) is 3. The summed E-state index contributed by atoms with van der Waals surface area (Å²) in [5.74, 6) is 0.840. The molecule has 0 radical (unpaired) electrons. The van der Waals surface area contributed by atoms with Gasteiger partial charge in [-0.1, -0.05) is 26.0 Å². The maximum atomic E-state index is 12.1. The maximum absolute atomic E-state index is 12.1. The number of nitrogens with zero attached hydrogens (tertiary/aromatic N) is 1. The van der Waals surface area contributed by atoms with Gasteiger partial charge in [-0.25, -0.2) is 4.79 Å². The summed E-state index contributed by atoms with van der Waals surface area (Å²) in [7, 11) is 1.66.